The number of aromatic amines is 1. The number of aromatic nitrogens is 4. The van der Waals surface area contributed by atoms with Crippen molar-refractivity contribution >= 4 is 31.5 Å². The second-order valence-electron chi connectivity index (χ2n) is 10.8. The first kappa shape index (κ1) is 29.5. The van der Waals surface area contributed by atoms with Crippen LogP contribution in [0.4, 0.5) is 5.95 Å². The SMILES string of the molecule is CC(C)C(=O)Nc1nc2c(ncn2[C@@H]2O[C@@]3(COP(OCCC#N)N(C(C)C)C(C)C)CCO[C@@H]2C3)c(=O)[nH]1. The lowest BCUT2D eigenvalue weighted by Crippen LogP contribution is -2.40. The fourth-order valence-corrected chi connectivity index (χ4v) is 6.55. The molecule has 0 aromatic carbocycles. The fourth-order valence-electron chi connectivity index (χ4n) is 4.87. The predicted octanol–water partition coefficient (Wildman–Crippen LogP) is 3.45. The van der Waals surface area contributed by atoms with Gasteiger partial charge >= 0.3 is 0 Å². The fraction of sp³-hybridized carbons (Fsp3) is 0.720. The molecule has 13 nitrogen and oxygen atoms in total. The van der Waals surface area contributed by atoms with Crippen molar-refractivity contribution in [3.63, 3.8) is 0 Å². The third-order valence-corrected chi connectivity index (χ3v) is 8.78. The molecule has 0 spiro atoms. The molecule has 2 bridgehead atoms. The van der Waals surface area contributed by atoms with Crippen molar-refractivity contribution in [2.75, 3.05) is 25.1 Å². The number of fused-ring (bicyclic) bond motifs is 3. The summed E-state index contributed by atoms with van der Waals surface area (Å²) < 4.78 is 29.0. The van der Waals surface area contributed by atoms with Gasteiger partial charge in [0, 0.05) is 30.8 Å². The highest BCUT2D eigenvalue weighted by Crippen LogP contribution is 2.50. The quantitative estimate of drug-likeness (QED) is 0.290. The molecular weight excluding hydrogens is 525 g/mol. The number of anilines is 1. The molecule has 0 aliphatic carbocycles. The van der Waals surface area contributed by atoms with Crippen LogP contribution in [0.5, 0.6) is 0 Å². The van der Waals surface area contributed by atoms with E-state index in [1.807, 2.05) is 0 Å². The third-order valence-electron chi connectivity index (χ3n) is 6.72. The molecule has 2 aliphatic rings. The number of H-pyrrole nitrogens is 1. The summed E-state index contributed by atoms with van der Waals surface area (Å²) in [7, 11) is -1.42. The monoisotopic (exact) mass is 563 g/mol. The molecule has 4 atom stereocenters. The van der Waals surface area contributed by atoms with Crippen molar-refractivity contribution in [2.24, 2.45) is 5.92 Å². The Balaban J connectivity index is 1.56. The van der Waals surface area contributed by atoms with E-state index >= 15 is 0 Å². The molecule has 2 aromatic heterocycles. The zero-order chi connectivity index (χ0) is 28.3. The smallest absolute Gasteiger partial charge is 0.280 e. The summed E-state index contributed by atoms with van der Waals surface area (Å²) in [4.78, 5) is 36.2. The van der Waals surface area contributed by atoms with Crippen LogP contribution in [-0.2, 0) is 23.3 Å². The van der Waals surface area contributed by atoms with Gasteiger partial charge in [-0.15, -0.1) is 0 Å². The lowest BCUT2D eigenvalue weighted by Gasteiger charge is -2.38. The first-order valence-corrected chi connectivity index (χ1v) is 14.5. The molecule has 14 heteroatoms. The summed E-state index contributed by atoms with van der Waals surface area (Å²) >= 11 is 0. The summed E-state index contributed by atoms with van der Waals surface area (Å²) in [5, 5.41) is 11.6. The van der Waals surface area contributed by atoms with Gasteiger partial charge in [0.05, 0.1) is 44.2 Å². The molecule has 0 radical (unpaired) electrons. The third kappa shape index (κ3) is 6.48. The Bertz CT molecular complexity index is 1250. The van der Waals surface area contributed by atoms with Gasteiger partial charge in [0.15, 0.2) is 17.4 Å². The molecular formula is C25H38N7O6P. The van der Waals surface area contributed by atoms with E-state index in [9.17, 15) is 9.59 Å². The molecule has 0 saturated carbocycles. The molecule has 1 amide bonds. The van der Waals surface area contributed by atoms with E-state index in [1.54, 1.807) is 18.4 Å². The van der Waals surface area contributed by atoms with Crippen molar-refractivity contribution in [2.45, 2.75) is 90.8 Å². The van der Waals surface area contributed by atoms with Crippen LogP contribution >= 0.6 is 8.53 Å². The molecule has 4 heterocycles. The van der Waals surface area contributed by atoms with E-state index in [-0.39, 0.29) is 61.1 Å². The maximum absolute atomic E-state index is 12.7. The summed E-state index contributed by atoms with van der Waals surface area (Å²) in [6.07, 6.45) is 2.13. The maximum Gasteiger partial charge on any atom is 0.280 e. The Labute approximate surface area is 229 Å². The van der Waals surface area contributed by atoms with Crippen molar-refractivity contribution in [3.8, 4) is 6.07 Å². The van der Waals surface area contributed by atoms with Gasteiger partial charge in [-0.25, -0.2) is 9.65 Å². The highest BCUT2D eigenvalue weighted by molar-refractivity contribution is 7.44. The number of hydrogen-bond donors (Lipinski definition) is 2. The average Bonchev–Trinajstić information content (AvgIpc) is 3.40. The van der Waals surface area contributed by atoms with Crippen molar-refractivity contribution < 1.29 is 23.3 Å². The minimum atomic E-state index is -1.42. The molecule has 2 saturated heterocycles. The van der Waals surface area contributed by atoms with Gasteiger partial charge in [-0.05, 0) is 27.7 Å². The first-order chi connectivity index (χ1) is 18.5. The minimum Gasteiger partial charge on any atom is -0.373 e. The van der Waals surface area contributed by atoms with Gasteiger partial charge in [-0.1, -0.05) is 13.8 Å². The molecule has 1 unspecified atom stereocenters. The Kier molecular flexibility index (Phi) is 9.37. The Morgan fingerprint density at radius 1 is 1.33 bits per heavy atom. The maximum atomic E-state index is 12.7. The van der Waals surface area contributed by atoms with Crippen LogP contribution in [0.3, 0.4) is 0 Å². The molecule has 39 heavy (non-hydrogen) atoms. The van der Waals surface area contributed by atoms with E-state index in [1.165, 1.54) is 6.33 Å². The lowest BCUT2D eigenvalue weighted by atomic mass is 9.94. The zero-order valence-corrected chi connectivity index (χ0v) is 24.2. The van der Waals surface area contributed by atoms with Crippen molar-refractivity contribution in [1.82, 2.24) is 24.2 Å². The van der Waals surface area contributed by atoms with Crippen LogP contribution in [-0.4, -0.2) is 73.7 Å². The van der Waals surface area contributed by atoms with Crippen LogP contribution in [0.25, 0.3) is 11.2 Å². The van der Waals surface area contributed by atoms with E-state index < -0.39 is 25.9 Å². The number of imidazole rings is 1. The number of hydrogen-bond acceptors (Lipinski definition) is 10. The summed E-state index contributed by atoms with van der Waals surface area (Å²) in [6.45, 7) is 12.9. The standard InChI is InChI=1S/C25H38N7O6P/c1-15(2)21(33)29-24-28-20-19(22(34)30-24)27-14-31(20)23-18-12-25(38-23,8-11-35-18)13-37-39(36-10-7-9-26)32(16(3)4)17(5)6/h14-18,23H,7-8,10-13H2,1-6H3,(H2,28,29,30,33,34)/t18-,23-,25+,39?/m1/s1. The highest BCUT2D eigenvalue weighted by atomic mass is 31.2. The number of rotatable bonds is 12. The van der Waals surface area contributed by atoms with E-state index in [0.717, 1.165) is 0 Å². The number of amides is 1. The number of nitrogens with one attached hydrogen (secondary N) is 2. The number of carbonyl (C=O) groups excluding carboxylic acids is 1. The van der Waals surface area contributed by atoms with E-state index in [0.29, 0.717) is 25.1 Å². The largest absolute Gasteiger partial charge is 0.373 e. The van der Waals surface area contributed by atoms with Crippen LogP contribution in [0, 0.1) is 17.2 Å². The number of ether oxygens (including phenoxy) is 2. The van der Waals surface area contributed by atoms with E-state index in [2.05, 4.69) is 58.7 Å². The van der Waals surface area contributed by atoms with Gasteiger partial charge < -0.3 is 18.5 Å². The summed E-state index contributed by atoms with van der Waals surface area (Å²) in [5.41, 5.74) is -0.645. The number of carbonyl (C=O) groups is 1. The molecule has 2 aromatic rings. The Morgan fingerprint density at radius 3 is 2.74 bits per heavy atom. The van der Waals surface area contributed by atoms with Crippen LogP contribution < -0.4 is 10.9 Å². The number of nitriles is 1. The zero-order valence-electron chi connectivity index (χ0n) is 23.3. The predicted molar refractivity (Wildman–Crippen MR) is 145 cm³/mol. The van der Waals surface area contributed by atoms with Gasteiger partial charge in [0.1, 0.15) is 6.10 Å². The van der Waals surface area contributed by atoms with Crippen molar-refractivity contribution in [3.05, 3.63) is 16.7 Å². The van der Waals surface area contributed by atoms with Gasteiger partial charge in [-0.3, -0.25) is 24.5 Å². The minimum absolute atomic E-state index is 0.0514. The van der Waals surface area contributed by atoms with Gasteiger partial charge in [0.25, 0.3) is 14.1 Å². The van der Waals surface area contributed by atoms with Crippen LogP contribution in [0.2, 0.25) is 0 Å². The summed E-state index contributed by atoms with van der Waals surface area (Å²) in [6, 6.07) is 2.48. The lowest BCUT2D eigenvalue weighted by molar-refractivity contribution is -0.118. The number of nitrogens with zero attached hydrogens (tertiary/aromatic N) is 5. The molecule has 2 N–H and O–H groups in total. The van der Waals surface area contributed by atoms with Crippen LogP contribution in [0.1, 0.15) is 67.0 Å². The Morgan fingerprint density at radius 2 is 2.08 bits per heavy atom. The highest BCUT2D eigenvalue weighted by Gasteiger charge is 2.52. The average molecular weight is 564 g/mol. The van der Waals surface area contributed by atoms with Gasteiger partial charge in [0.2, 0.25) is 11.9 Å². The normalized spacial score (nSPS) is 23.7. The van der Waals surface area contributed by atoms with E-state index in [4.69, 9.17) is 23.8 Å². The molecule has 214 valence electrons. The molecule has 2 aliphatic heterocycles. The Hall–Kier alpha value is -2.46. The first-order valence-electron chi connectivity index (χ1n) is 13.3. The van der Waals surface area contributed by atoms with Gasteiger partial charge in [-0.2, -0.15) is 10.2 Å². The summed E-state index contributed by atoms with van der Waals surface area (Å²) in [5.74, 6) is -0.491. The van der Waals surface area contributed by atoms with Crippen molar-refractivity contribution in [1.29, 1.82) is 5.26 Å². The second kappa shape index (κ2) is 12.4. The topological polar surface area (TPSA) is 157 Å². The molecule has 2 fully saturated rings. The van der Waals surface area contributed by atoms with Crippen LogP contribution in [0.15, 0.2) is 11.1 Å². The molecule has 4 rings (SSSR count). The second-order valence-corrected chi connectivity index (χ2v) is 12.2.